The normalized spacial score (nSPS) is 21.1. The standard InChI is InChI=1S/C16H24N2O3S/c1-2-18(12-14-4-3-11-22-14)15(19)17-13-5-7-16(8-6-13)20-9-10-21-16/h3-4,11,13H,2,5-10,12H2,1H3,(H,17,19). The summed E-state index contributed by atoms with van der Waals surface area (Å²) in [6.07, 6.45) is 3.58. The highest BCUT2D eigenvalue weighted by atomic mass is 32.1. The second-order valence-electron chi connectivity index (χ2n) is 5.92. The molecular formula is C16H24N2O3S. The van der Waals surface area contributed by atoms with E-state index in [1.807, 2.05) is 23.3 Å². The molecule has 1 saturated carbocycles. The van der Waals surface area contributed by atoms with E-state index in [9.17, 15) is 4.79 Å². The first-order valence-electron chi connectivity index (χ1n) is 8.06. The number of nitrogens with one attached hydrogen (secondary N) is 1. The second kappa shape index (κ2) is 6.98. The van der Waals surface area contributed by atoms with E-state index >= 15 is 0 Å². The predicted octanol–water partition coefficient (Wildman–Crippen LogP) is 2.97. The van der Waals surface area contributed by atoms with Gasteiger partial charge in [0.15, 0.2) is 5.79 Å². The number of thiophene rings is 1. The fraction of sp³-hybridized carbons (Fsp3) is 0.688. The fourth-order valence-electron chi connectivity index (χ4n) is 3.17. The van der Waals surface area contributed by atoms with E-state index in [1.54, 1.807) is 11.3 Å². The molecule has 2 amide bonds. The molecule has 0 bridgehead atoms. The van der Waals surface area contributed by atoms with Gasteiger partial charge in [0, 0.05) is 30.3 Å². The third-order valence-electron chi connectivity index (χ3n) is 4.48. The molecule has 0 unspecified atom stereocenters. The van der Waals surface area contributed by atoms with Crippen LogP contribution in [0, 0.1) is 0 Å². The number of carbonyl (C=O) groups is 1. The Balaban J connectivity index is 1.48. The zero-order valence-corrected chi connectivity index (χ0v) is 13.9. The Morgan fingerprint density at radius 2 is 2.14 bits per heavy atom. The molecule has 0 aromatic carbocycles. The molecule has 1 aromatic rings. The molecule has 6 heteroatoms. The topological polar surface area (TPSA) is 50.8 Å². The summed E-state index contributed by atoms with van der Waals surface area (Å²) in [4.78, 5) is 15.5. The predicted molar refractivity (Wildman–Crippen MR) is 85.8 cm³/mol. The molecule has 22 heavy (non-hydrogen) atoms. The summed E-state index contributed by atoms with van der Waals surface area (Å²) >= 11 is 1.69. The molecule has 122 valence electrons. The van der Waals surface area contributed by atoms with Gasteiger partial charge in [-0.1, -0.05) is 6.07 Å². The molecule has 1 aliphatic heterocycles. The van der Waals surface area contributed by atoms with E-state index in [4.69, 9.17) is 9.47 Å². The van der Waals surface area contributed by atoms with Crippen LogP contribution in [0.15, 0.2) is 17.5 Å². The Labute approximate surface area is 135 Å². The van der Waals surface area contributed by atoms with Crippen molar-refractivity contribution in [2.75, 3.05) is 19.8 Å². The van der Waals surface area contributed by atoms with Crippen molar-refractivity contribution in [2.45, 2.75) is 51.0 Å². The monoisotopic (exact) mass is 324 g/mol. The van der Waals surface area contributed by atoms with Crippen molar-refractivity contribution in [3.8, 4) is 0 Å². The van der Waals surface area contributed by atoms with E-state index in [0.717, 1.165) is 25.7 Å². The van der Waals surface area contributed by atoms with Gasteiger partial charge in [0.2, 0.25) is 0 Å². The molecule has 1 saturated heterocycles. The maximum absolute atomic E-state index is 12.4. The van der Waals surface area contributed by atoms with Crippen molar-refractivity contribution in [2.24, 2.45) is 0 Å². The van der Waals surface area contributed by atoms with Crippen LogP contribution < -0.4 is 5.32 Å². The van der Waals surface area contributed by atoms with Crippen molar-refractivity contribution in [3.05, 3.63) is 22.4 Å². The van der Waals surface area contributed by atoms with Crippen LogP contribution in [0.1, 0.15) is 37.5 Å². The molecule has 1 spiro atoms. The van der Waals surface area contributed by atoms with Gasteiger partial charge in [-0.15, -0.1) is 11.3 Å². The number of rotatable bonds is 4. The third-order valence-corrected chi connectivity index (χ3v) is 5.35. The zero-order valence-electron chi connectivity index (χ0n) is 13.0. The van der Waals surface area contributed by atoms with Crippen LogP contribution >= 0.6 is 11.3 Å². The Morgan fingerprint density at radius 1 is 1.41 bits per heavy atom. The Morgan fingerprint density at radius 3 is 2.73 bits per heavy atom. The van der Waals surface area contributed by atoms with Crippen LogP contribution in [0.5, 0.6) is 0 Å². The van der Waals surface area contributed by atoms with Crippen molar-refractivity contribution < 1.29 is 14.3 Å². The minimum Gasteiger partial charge on any atom is -0.348 e. The fourth-order valence-corrected chi connectivity index (χ4v) is 3.89. The van der Waals surface area contributed by atoms with E-state index < -0.39 is 0 Å². The quantitative estimate of drug-likeness (QED) is 0.926. The summed E-state index contributed by atoms with van der Waals surface area (Å²) in [5.74, 6) is -0.358. The Hall–Kier alpha value is -1.11. The first kappa shape index (κ1) is 15.8. The van der Waals surface area contributed by atoms with Gasteiger partial charge in [-0.05, 0) is 31.2 Å². The van der Waals surface area contributed by atoms with E-state index in [0.29, 0.717) is 26.3 Å². The number of ether oxygens (including phenoxy) is 2. The van der Waals surface area contributed by atoms with Crippen LogP contribution in [0.25, 0.3) is 0 Å². The van der Waals surface area contributed by atoms with Crippen molar-refractivity contribution in [3.63, 3.8) is 0 Å². The highest BCUT2D eigenvalue weighted by Crippen LogP contribution is 2.35. The number of amides is 2. The SMILES string of the molecule is CCN(Cc1cccs1)C(=O)NC1CCC2(CC1)OCCO2. The zero-order chi connectivity index (χ0) is 15.4. The van der Waals surface area contributed by atoms with Crippen LogP contribution in [-0.4, -0.2) is 42.5 Å². The largest absolute Gasteiger partial charge is 0.348 e. The lowest BCUT2D eigenvalue weighted by Crippen LogP contribution is -2.48. The summed E-state index contributed by atoms with van der Waals surface area (Å²) in [5, 5.41) is 5.21. The third kappa shape index (κ3) is 3.62. The number of nitrogens with zero attached hydrogens (tertiary/aromatic N) is 1. The molecule has 3 rings (SSSR count). The molecule has 1 N–H and O–H groups in total. The number of urea groups is 1. The lowest BCUT2D eigenvalue weighted by molar-refractivity contribution is -0.179. The average molecular weight is 324 g/mol. The van der Waals surface area contributed by atoms with Gasteiger partial charge in [0.25, 0.3) is 0 Å². The van der Waals surface area contributed by atoms with Gasteiger partial charge < -0.3 is 19.7 Å². The molecule has 2 fully saturated rings. The van der Waals surface area contributed by atoms with Crippen LogP contribution in [0.2, 0.25) is 0 Å². The molecule has 5 nitrogen and oxygen atoms in total. The van der Waals surface area contributed by atoms with Crippen molar-refractivity contribution in [1.29, 1.82) is 0 Å². The molecule has 2 heterocycles. The molecule has 0 atom stereocenters. The molecule has 0 radical (unpaired) electrons. The van der Waals surface area contributed by atoms with Gasteiger partial charge in [-0.25, -0.2) is 4.79 Å². The second-order valence-corrected chi connectivity index (χ2v) is 6.96. The van der Waals surface area contributed by atoms with Crippen LogP contribution in [0.4, 0.5) is 4.79 Å². The molecular weight excluding hydrogens is 300 g/mol. The Kier molecular flexibility index (Phi) is 5.00. The van der Waals surface area contributed by atoms with Gasteiger partial charge in [-0.2, -0.15) is 0 Å². The summed E-state index contributed by atoms with van der Waals surface area (Å²) in [7, 11) is 0. The van der Waals surface area contributed by atoms with Crippen LogP contribution in [0.3, 0.4) is 0 Å². The Bertz CT molecular complexity index is 476. The lowest BCUT2D eigenvalue weighted by atomic mass is 9.90. The summed E-state index contributed by atoms with van der Waals surface area (Å²) in [6, 6.07) is 4.35. The summed E-state index contributed by atoms with van der Waals surface area (Å²) in [5.41, 5.74) is 0. The van der Waals surface area contributed by atoms with Crippen molar-refractivity contribution in [1.82, 2.24) is 10.2 Å². The van der Waals surface area contributed by atoms with E-state index in [2.05, 4.69) is 11.4 Å². The van der Waals surface area contributed by atoms with Crippen molar-refractivity contribution >= 4 is 17.4 Å². The highest BCUT2D eigenvalue weighted by molar-refractivity contribution is 7.09. The van der Waals surface area contributed by atoms with Gasteiger partial charge in [0.1, 0.15) is 0 Å². The van der Waals surface area contributed by atoms with Gasteiger partial charge >= 0.3 is 6.03 Å². The van der Waals surface area contributed by atoms with E-state index in [1.165, 1.54) is 4.88 Å². The smallest absolute Gasteiger partial charge is 0.317 e. The maximum Gasteiger partial charge on any atom is 0.317 e. The molecule has 2 aliphatic rings. The minimum absolute atomic E-state index is 0.0325. The first-order valence-corrected chi connectivity index (χ1v) is 8.94. The summed E-state index contributed by atoms with van der Waals surface area (Å²) < 4.78 is 11.5. The number of hydrogen-bond donors (Lipinski definition) is 1. The number of carbonyl (C=O) groups excluding carboxylic acids is 1. The molecule has 1 aromatic heterocycles. The average Bonchev–Trinajstić information content (AvgIpc) is 3.19. The van der Waals surface area contributed by atoms with Gasteiger partial charge in [-0.3, -0.25) is 0 Å². The number of hydrogen-bond acceptors (Lipinski definition) is 4. The minimum atomic E-state index is -0.358. The summed E-state index contributed by atoms with van der Waals surface area (Å²) in [6.45, 7) is 4.81. The van der Waals surface area contributed by atoms with Gasteiger partial charge in [0.05, 0.1) is 19.8 Å². The maximum atomic E-state index is 12.4. The van der Waals surface area contributed by atoms with E-state index in [-0.39, 0.29) is 17.9 Å². The lowest BCUT2D eigenvalue weighted by Gasteiger charge is -2.36. The van der Waals surface area contributed by atoms with Crippen LogP contribution in [-0.2, 0) is 16.0 Å². The first-order chi connectivity index (χ1) is 10.7. The highest BCUT2D eigenvalue weighted by Gasteiger charge is 2.40. The molecule has 1 aliphatic carbocycles.